The number of likely N-dealkylation sites (tertiary alicyclic amines) is 1. The van der Waals surface area contributed by atoms with Gasteiger partial charge < -0.3 is 5.32 Å². The van der Waals surface area contributed by atoms with Crippen LogP contribution in [0.5, 0.6) is 0 Å². The molecule has 1 saturated heterocycles. The van der Waals surface area contributed by atoms with Crippen LogP contribution >= 0.6 is 0 Å². The van der Waals surface area contributed by atoms with Crippen molar-refractivity contribution in [3.8, 4) is 0 Å². The zero-order valence-corrected chi connectivity index (χ0v) is 14.8. The molecule has 0 unspecified atom stereocenters. The van der Waals surface area contributed by atoms with Crippen molar-refractivity contribution >= 4 is 10.8 Å². The van der Waals surface area contributed by atoms with Gasteiger partial charge in [0.1, 0.15) is 0 Å². The van der Waals surface area contributed by atoms with Crippen molar-refractivity contribution in [2.75, 3.05) is 19.6 Å². The van der Waals surface area contributed by atoms with Crippen molar-refractivity contribution in [2.45, 2.75) is 25.6 Å². The zero-order chi connectivity index (χ0) is 17.8. The third-order valence-corrected chi connectivity index (χ3v) is 5.04. The summed E-state index contributed by atoms with van der Waals surface area (Å²) in [6.45, 7) is 4.52. The molecule has 0 amide bonds. The van der Waals surface area contributed by atoms with E-state index in [1.807, 2.05) is 24.3 Å². The van der Waals surface area contributed by atoms with E-state index in [-0.39, 0.29) is 5.56 Å². The molecular formula is C21H24N4O. The molecule has 1 fully saturated rings. The Bertz CT molecular complexity index is 922. The third kappa shape index (κ3) is 3.84. The summed E-state index contributed by atoms with van der Waals surface area (Å²) in [6.07, 6.45) is 2.92. The Kier molecular flexibility index (Phi) is 5.09. The van der Waals surface area contributed by atoms with Crippen LogP contribution < -0.4 is 10.9 Å². The van der Waals surface area contributed by atoms with E-state index in [0.29, 0.717) is 12.6 Å². The van der Waals surface area contributed by atoms with Crippen LogP contribution in [0.1, 0.15) is 12.0 Å². The van der Waals surface area contributed by atoms with Crippen LogP contribution in [0.2, 0.25) is 0 Å². The Morgan fingerprint density at radius 2 is 1.88 bits per heavy atom. The molecule has 1 atom stereocenters. The first kappa shape index (κ1) is 16.9. The molecule has 0 bridgehead atoms. The average molecular weight is 348 g/mol. The molecule has 0 radical (unpaired) electrons. The quantitative estimate of drug-likeness (QED) is 0.742. The molecule has 2 aromatic carbocycles. The molecule has 1 aromatic heterocycles. The number of hydrogen-bond acceptors (Lipinski definition) is 4. The highest BCUT2D eigenvalue weighted by atomic mass is 16.1. The summed E-state index contributed by atoms with van der Waals surface area (Å²) in [6, 6.07) is 18.7. The monoisotopic (exact) mass is 348 g/mol. The van der Waals surface area contributed by atoms with Gasteiger partial charge in [-0.2, -0.15) is 5.10 Å². The molecular weight excluding hydrogens is 324 g/mol. The minimum Gasteiger partial charge on any atom is -0.311 e. The van der Waals surface area contributed by atoms with E-state index in [0.717, 1.165) is 43.4 Å². The van der Waals surface area contributed by atoms with E-state index in [1.54, 1.807) is 10.9 Å². The van der Waals surface area contributed by atoms with Gasteiger partial charge in [0.15, 0.2) is 0 Å². The standard InChI is InChI=1S/C21H24N4O/c26-21-20-9-5-4-8-18(20)14-23-25(21)13-11-22-19-10-12-24(16-19)15-17-6-2-1-3-7-17/h1-9,14,19,22H,10-13,15-16H2/t19-/m1/s1. The molecule has 5 heteroatoms. The molecule has 26 heavy (non-hydrogen) atoms. The predicted molar refractivity (Wildman–Crippen MR) is 104 cm³/mol. The van der Waals surface area contributed by atoms with Crippen molar-refractivity contribution in [3.05, 3.63) is 76.7 Å². The maximum Gasteiger partial charge on any atom is 0.274 e. The number of hydrogen-bond donors (Lipinski definition) is 1. The van der Waals surface area contributed by atoms with Gasteiger partial charge in [0.25, 0.3) is 5.56 Å². The molecule has 0 aliphatic carbocycles. The van der Waals surface area contributed by atoms with E-state index in [1.165, 1.54) is 5.56 Å². The first-order valence-corrected chi connectivity index (χ1v) is 9.24. The number of aromatic nitrogens is 2. The molecule has 4 rings (SSSR count). The Labute approximate surface area is 153 Å². The maximum atomic E-state index is 12.5. The van der Waals surface area contributed by atoms with Crippen molar-refractivity contribution in [2.24, 2.45) is 0 Å². The SMILES string of the molecule is O=c1c2ccccc2cnn1CCN[C@@H]1CCN(Cc2ccccc2)C1. The Morgan fingerprint density at radius 1 is 1.08 bits per heavy atom. The summed E-state index contributed by atoms with van der Waals surface area (Å²) >= 11 is 0. The molecule has 5 nitrogen and oxygen atoms in total. The summed E-state index contributed by atoms with van der Waals surface area (Å²) in [5.41, 5.74) is 1.35. The van der Waals surface area contributed by atoms with Crippen LogP contribution in [0.25, 0.3) is 10.8 Å². The Morgan fingerprint density at radius 3 is 2.77 bits per heavy atom. The number of fused-ring (bicyclic) bond motifs is 1. The van der Waals surface area contributed by atoms with Gasteiger partial charge in [-0.3, -0.25) is 9.69 Å². The van der Waals surface area contributed by atoms with Gasteiger partial charge in [0.05, 0.1) is 18.1 Å². The zero-order valence-electron chi connectivity index (χ0n) is 14.8. The lowest BCUT2D eigenvalue weighted by atomic mass is 10.2. The number of nitrogens with zero attached hydrogens (tertiary/aromatic N) is 3. The highest BCUT2D eigenvalue weighted by Gasteiger charge is 2.21. The lowest BCUT2D eigenvalue weighted by Gasteiger charge is -2.17. The van der Waals surface area contributed by atoms with Crippen molar-refractivity contribution in [3.63, 3.8) is 0 Å². The van der Waals surface area contributed by atoms with Crippen LogP contribution in [-0.2, 0) is 13.1 Å². The summed E-state index contributed by atoms with van der Waals surface area (Å²) in [7, 11) is 0. The predicted octanol–water partition coefficient (Wildman–Crippen LogP) is 2.26. The fourth-order valence-corrected chi connectivity index (χ4v) is 3.65. The van der Waals surface area contributed by atoms with Gasteiger partial charge in [-0.1, -0.05) is 48.5 Å². The maximum absolute atomic E-state index is 12.5. The van der Waals surface area contributed by atoms with Crippen molar-refractivity contribution in [1.82, 2.24) is 20.0 Å². The van der Waals surface area contributed by atoms with Gasteiger partial charge in [-0.15, -0.1) is 0 Å². The van der Waals surface area contributed by atoms with Crippen LogP contribution in [-0.4, -0.2) is 40.4 Å². The van der Waals surface area contributed by atoms with E-state index in [9.17, 15) is 4.79 Å². The fourth-order valence-electron chi connectivity index (χ4n) is 3.65. The van der Waals surface area contributed by atoms with Gasteiger partial charge in [0.2, 0.25) is 0 Å². The second kappa shape index (κ2) is 7.81. The van der Waals surface area contributed by atoms with Gasteiger partial charge >= 0.3 is 0 Å². The van der Waals surface area contributed by atoms with E-state index >= 15 is 0 Å². The minimum atomic E-state index is -0.0120. The summed E-state index contributed by atoms with van der Waals surface area (Å²) in [5.74, 6) is 0. The van der Waals surface area contributed by atoms with E-state index in [4.69, 9.17) is 0 Å². The Hall–Kier alpha value is -2.50. The Balaban J connectivity index is 1.29. The topological polar surface area (TPSA) is 50.2 Å². The third-order valence-electron chi connectivity index (χ3n) is 5.04. The fraction of sp³-hybridized carbons (Fsp3) is 0.333. The van der Waals surface area contributed by atoms with Crippen LogP contribution in [0.3, 0.4) is 0 Å². The smallest absolute Gasteiger partial charge is 0.274 e. The molecule has 3 aromatic rings. The molecule has 2 heterocycles. The van der Waals surface area contributed by atoms with Crippen LogP contribution in [0, 0.1) is 0 Å². The summed E-state index contributed by atoms with van der Waals surface area (Å²) in [5, 5.41) is 9.51. The highest BCUT2D eigenvalue weighted by molar-refractivity contribution is 5.80. The molecule has 134 valence electrons. The van der Waals surface area contributed by atoms with Crippen molar-refractivity contribution in [1.29, 1.82) is 0 Å². The second-order valence-electron chi connectivity index (χ2n) is 6.92. The van der Waals surface area contributed by atoms with E-state index in [2.05, 4.69) is 45.6 Å². The summed E-state index contributed by atoms with van der Waals surface area (Å²) in [4.78, 5) is 15.0. The van der Waals surface area contributed by atoms with Crippen LogP contribution in [0.4, 0.5) is 0 Å². The lowest BCUT2D eigenvalue weighted by Crippen LogP contribution is -2.36. The average Bonchev–Trinajstić information content (AvgIpc) is 3.12. The summed E-state index contributed by atoms with van der Waals surface area (Å²) < 4.78 is 1.56. The molecule has 1 N–H and O–H groups in total. The van der Waals surface area contributed by atoms with Crippen LogP contribution in [0.15, 0.2) is 65.6 Å². The van der Waals surface area contributed by atoms with Gasteiger partial charge in [0, 0.05) is 37.6 Å². The van der Waals surface area contributed by atoms with E-state index < -0.39 is 0 Å². The second-order valence-corrected chi connectivity index (χ2v) is 6.92. The molecule has 0 spiro atoms. The number of rotatable bonds is 6. The largest absolute Gasteiger partial charge is 0.311 e. The molecule has 1 aliphatic heterocycles. The molecule has 0 saturated carbocycles. The first-order chi connectivity index (χ1) is 12.8. The highest BCUT2D eigenvalue weighted by Crippen LogP contribution is 2.13. The van der Waals surface area contributed by atoms with Crippen molar-refractivity contribution < 1.29 is 0 Å². The van der Waals surface area contributed by atoms with Gasteiger partial charge in [-0.05, 0) is 18.1 Å². The normalized spacial score (nSPS) is 17.8. The first-order valence-electron chi connectivity index (χ1n) is 9.24. The number of benzene rings is 2. The van der Waals surface area contributed by atoms with Gasteiger partial charge in [-0.25, -0.2) is 4.68 Å². The molecule has 1 aliphatic rings. The minimum absolute atomic E-state index is 0.0120. The number of nitrogens with one attached hydrogen (secondary N) is 1. The lowest BCUT2D eigenvalue weighted by molar-refractivity contribution is 0.319.